The van der Waals surface area contributed by atoms with Gasteiger partial charge in [-0.2, -0.15) is 13.2 Å². The molecular formula is C14H13ClF4O4. The second-order valence-corrected chi connectivity index (χ2v) is 4.97. The zero-order chi connectivity index (χ0) is 18.0. The Labute approximate surface area is 133 Å². The summed E-state index contributed by atoms with van der Waals surface area (Å²) in [5.41, 5.74) is -4.27. The Morgan fingerprint density at radius 2 is 1.96 bits per heavy atom. The summed E-state index contributed by atoms with van der Waals surface area (Å²) in [6.45, 7) is 1.34. The number of carboxylic acids is 1. The number of carbonyl (C=O) groups is 1. The zero-order valence-electron chi connectivity index (χ0n) is 12.0. The first kappa shape index (κ1) is 19.2. The Kier molecular flexibility index (Phi) is 5.65. The molecule has 0 spiro atoms. The average molecular weight is 357 g/mol. The maximum absolute atomic E-state index is 13.4. The van der Waals surface area contributed by atoms with Crippen molar-refractivity contribution in [3.8, 4) is 5.75 Å². The Bertz CT molecular complexity index is 642. The summed E-state index contributed by atoms with van der Waals surface area (Å²) in [7, 11) is 1.13. The Morgan fingerprint density at radius 3 is 2.35 bits per heavy atom. The lowest BCUT2D eigenvalue weighted by atomic mass is 9.89. The van der Waals surface area contributed by atoms with Crippen molar-refractivity contribution in [1.82, 2.24) is 0 Å². The normalized spacial score (nSPS) is 15.2. The van der Waals surface area contributed by atoms with Gasteiger partial charge in [0.05, 0.1) is 7.11 Å². The van der Waals surface area contributed by atoms with Gasteiger partial charge in [0.1, 0.15) is 16.6 Å². The van der Waals surface area contributed by atoms with E-state index in [0.29, 0.717) is 0 Å². The number of halogens is 5. The van der Waals surface area contributed by atoms with Crippen molar-refractivity contribution >= 4 is 23.1 Å². The fraction of sp³-hybridized carbons (Fsp3) is 0.357. The lowest BCUT2D eigenvalue weighted by Crippen LogP contribution is -2.52. The van der Waals surface area contributed by atoms with Crippen LogP contribution in [0.15, 0.2) is 18.2 Å². The van der Waals surface area contributed by atoms with Gasteiger partial charge >= 0.3 is 12.1 Å². The van der Waals surface area contributed by atoms with Crippen LogP contribution in [0, 0.1) is 5.82 Å². The molecule has 4 nitrogen and oxygen atoms in total. The first-order valence-corrected chi connectivity index (χ1v) is 6.57. The fourth-order valence-corrected chi connectivity index (χ4v) is 2.15. The van der Waals surface area contributed by atoms with Gasteiger partial charge in [-0.3, -0.25) is 0 Å². The molecule has 0 radical (unpaired) electrons. The van der Waals surface area contributed by atoms with Crippen LogP contribution in [0.1, 0.15) is 18.9 Å². The van der Waals surface area contributed by atoms with Gasteiger partial charge in [0, 0.05) is 12.0 Å². The molecule has 0 aliphatic rings. The number of rotatable bonds is 5. The Morgan fingerprint density at radius 1 is 1.39 bits per heavy atom. The van der Waals surface area contributed by atoms with E-state index >= 15 is 0 Å². The van der Waals surface area contributed by atoms with Crippen LogP contribution in [0.2, 0.25) is 5.02 Å². The van der Waals surface area contributed by atoms with E-state index in [9.17, 15) is 27.5 Å². The van der Waals surface area contributed by atoms with Gasteiger partial charge < -0.3 is 14.9 Å². The highest BCUT2D eigenvalue weighted by Gasteiger charge is 2.60. The van der Waals surface area contributed by atoms with Crippen molar-refractivity contribution in [3.63, 3.8) is 0 Å². The number of hydrogen-bond acceptors (Lipinski definition) is 3. The molecule has 1 aromatic rings. The van der Waals surface area contributed by atoms with E-state index in [0.717, 1.165) is 25.3 Å². The maximum atomic E-state index is 13.4. The standard InChI is InChI=1S/C14H13ClF4O4/c1-3-7(6-13(22,12(20)21)14(17,18)19)8-4-5-9(16)10(15)11(8)23-2/h3-5,22H,6H2,1-2H3,(H,20,21). The average Bonchev–Trinajstić information content (AvgIpc) is 2.46. The number of hydrogen-bond donors (Lipinski definition) is 2. The highest BCUT2D eigenvalue weighted by molar-refractivity contribution is 6.32. The molecule has 0 aliphatic heterocycles. The number of ether oxygens (including phenoxy) is 1. The topological polar surface area (TPSA) is 66.8 Å². The van der Waals surface area contributed by atoms with E-state index in [2.05, 4.69) is 0 Å². The third-order valence-corrected chi connectivity index (χ3v) is 3.57. The number of carboxylic acid groups (broad SMARTS) is 1. The number of aliphatic carboxylic acids is 1. The number of aliphatic hydroxyl groups is 1. The van der Waals surface area contributed by atoms with Gasteiger partial charge in [0.15, 0.2) is 0 Å². The van der Waals surface area contributed by atoms with E-state index in [1.807, 2.05) is 0 Å². The van der Waals surface area contributed by atoms with Crippen molar-refractivity contribution in [3.05, 3.63) is 34.6 Å². The molecule has 23 heavy (non-hydrogen) atoms. The van der Waals surface area contributed by atoms with Gasteiger partial charge in [0.25, 0.3) is 5.60 Å². The molecule has 2 N–H and O–H groups in total. The molecule has 0 saturated carbocycles. The van der Waals surface area contributed by atoms with Crippen LogP contribution in [0.3, 0.4) is 0 Å². The van der Waals surface area contributed by atoms with Crippen LogP contribution in [-0.4, -0.2) is 35.1 Å². The molecule has 128 valence electrons. The van der Waals surface area contributed by atoms with E-state index < -0.39 is 35.0 Å². The van der Waals surface area contributed by atoms with E-state index in [1.54, 1.807) is 0 Å². The summed E-state index contributed by atoms with van der Waals surface area (Å²) >= 11 is 5.69. The molecule has 0 fully saturated rings. The zero-order valence-corrected chi connectivity index (χ0v) is 12.8. The molecule has 1 aromatic carbocycles. The second kappa shape index (κ2) is 6.76. The van der Waals surface area contributed by atoms with E-state index in [4.69, 9.17) is 21.4 Å². The van der Waals surface area contributed by atoms with E-state index in [-0.39, 0.29) is 16.9 Å². The van der Waals surface area contributed by atoms with Crippen molar-refractivity contribution in [1.29, 1.82) is 0 Å². The molecule has 0 aromatic heterocycles. The highest BCUT2D eigenvalue weighted by atomic mass is 35.5. The van der Waals surface area contributed by atoms with Crippen molar-refractivity contribution < 1.29 is 37.3 Å². The molecule has 0 heterocycles. The predicted molar refractivity (Wildman–Crippen MR) is 74.9 cm³/mol. The number of benzene rings is 1. The maximum Gasteiger partial charge on any atom is 0.428 e. The van der Waals surface area contributed by atoms with Crippen LogP contribution in [-0.2, 0) is 4.79 Å². The third-order valence-electron chi connectivity index (χ3n) is 3.22. The summed E-state index contributed by atoms with van der Waals surface area (Å²) < 4.78 is 57.0. The van der Waals surface area contributed by atoms with Gasteiger partial charge in [-0.25, -0.2) is 9.18 Å². The first-order valence-electron chi connectivity index (χ1n) is 6.19. The molecule has 0 bridgehead atoms. The lowest BCUT2D eigenvalue weighted by Gasteiger charge is -2.27. The lowest BCUT2D eigenvalue weighted by molar-refractivity contribution is -0.258. The summed E-state index contributed by atoms with van der Waals surface area (Å²) in [5.74, 6) is -3.56. The van der Waals surface area contributed by atoms with Crippen LogP contribution in [0.25, 0.3) is 5.57 Å². The third kappa shape index (κ3) is 3.59. The molecule has 0 saturated heterocycles. The highest BCUT2D eigenvalue weighted by Crippen LogP contribution is 2.42. The van der Waals surface area contributed by atoms with Gasteiger partial charge in [0.2, 0.25) is 0 Å². The number of methoxy groups -OCH3 is 1. The van der Waals surface area contributed by atoms with Crippen molar-refractivity contribution in [2.24, 2.45) is 0 Å². The smallest absolute Gasteiger partial charge is 0.428 e. The van der Waals surface area contributed by atoms with Crippen molar-refractivity contribution in [2.75, 3.05) is 7.11 Å². The quantitative estimate of drug-likeness (QED) is 0.790. The number of alkyl halides is 3. The van der Waals surface area contributed by atoms with E-state index in [1.165, 1.54) is 6.92 Å². The summed E-state index contributed by atoms with van der Waals surface area (Å²) in [6, 6.07) is 1.99. The Balaban J connectivity index is 3.42. The van der Waals surface area contributed by atoms with Crippen LogP contribution in [0.5, 0.6) is 5.75 Å². The molecule has 1 atom stereocenters. The molecule has 0 aliphatic carbocycles. The molecule has 1 rings (SSSR count). The predicted octanol–water partition coefficient (Wildman–Crippen LogP) is 3.66. The first-order chi connectivity index (χ1) is 10.5. The minimum absolute atomic E-state index is 0.0506. The summed E-state index contributed by atoms with van der Waals surface area (Å²) in [5, 5.41) is 17.9. The fourth-order valence-electron chi connectivity index (χ4n) is 1.91. The largest absolute Gasteiger partial charge is 0.494 e. The second-order valence-electron chi connectivity index (χ2n) is 4.60. The SMILES string of the molecule is CC=C(CC(O)(C(=O)O)C(F)(F)F)c1ccc(F)c(Cl)c1OC. The minimum Gasteiger partial charge on any atom is -0.494 e. The molecule has 9 heteroatoms. The molecular weight excluding hydrogens is 344 g/mol. The number of allylic oxidation sites excluding steroid dienone is 1. The van der Waals surface area contributed by atoms with Crippen molar-refractivity contribution in [2.45, 2.75) is 25.1 Å². The van der Waals surface area contributed by atoms with Crippen LogP contribution < -0.4 is 4.74 Å². The Hall–Kier alpha value is -1.80. The van der Waals surface area contributed by atoms with Crippen LogP contribution >= 0.6 is 11.6 Å². The van der Waals surface area contributed by atoms with Gasteiger partial charge in [-0.05, 0) is 24.6 Å². The monoisotopic (exact) mass is 356 g/mol. The molecule has 1 unspecified atom stereocenters. The summed E-state index contributed by atoms with van der Waals surface area (Å²) in [6.07, 6.45) is -5.55. The minimum atomic E-state index is -5.41. The molecule has 0 amide bonds. The van der Waals surface area contributed by atoms with Gasteiger partial charge in [-0.15, -0.1) is 0 Å². The van der Waals surface area contributed by atoms with Gasteiger partial charge in [-0.1, -0.05) is 17.7 Å². The van der Waals surface area contributed by atoms with Crippen LogP contribution in [0.4, 0.5) is 17.6 Å². The summed E-state index contributed by atoms with van der Waals surface area (Å²) in [4.78, 5) is 10.9.